The number of nitriles is 1. The lowest BCUT2D eigenvalue weighted by Gasteiger charge is -2.13. The third kappa shape index (κ3) is 4.60. The molecule has 0 unspecified atom stereocenters. The molecule has 0 aromatic heterocycles. The zero-order valence-electron chi connectivity index (χ0n) is 10.5. The molecule has 0 aliphatic heterocycles. The summed E-state index contributed by atoms with van der Waals surface area (Å²) in [5.41, 5.74) is -6.70. The number of nitrogens with zero attached hydrogens (tertiary/aromatic N) is 1. The second-order valence-electron chi connectivity index (χ2n) is 3.62. The molecule has 0 fully saturated rings. The predicted octanol–water partition coefficient (Wildman–Crippen LogP) is 4.28. The zero-order chi connectivity index (χ0) is 16.2. The van der Waals surface area contributed by atoms with Gasteiger partial charge in [-0.15, -0.1) is 0 Å². The first kappa shape index (κ1) is 17.2. The normalized spacial score (nSPS) is 11.3. The van der Waals surface area contributed by atoms with Crippen LogP contribution in [-0.2, 0) is 4.74 Å². The van der Waals surface area contributed by atoms with Gasteiger partial charge in [-0.25, -0.2) is 13.6 Å². The molecule has 0 saturated heterocycles. The monoisotopic (exact) mass is 325 g/mol. The Morgan fingerprint density at radius 3 is 2.48 bits per heavy atom. The van der Waals surface area contributed by atoms with Crippen molar-refractivity contribution in [3.63, 3.8) is 0 Å². The fourth-order valence-corrected chi connectivity index (χ4v) is 2.14. The minimum absolute atomic E-state index is 0.0627. The van der Waals surface area contributed by atoms with E-state index in [2.05, 4.69) is 4.74 Å². The fourth-order valence-electron chi connectivity index (χ4n) is 1.45. The highest BCUT2D eigenvalue weighted by Crippen LogP contribution is 2.42. The number of ether oxygens (including phenoxy) is 1. The highest BCUT2D eigenvalue weighted by Gasteiger charge is 2.33. The van der Waals surface area contributed by atoms with Gasteiger partial charge in [-0.05, 0) is 30.8 Å². The van der Waals surface area contributed by atoms with Gasteiger partial charge in [-0.2, -0.15) is 18.4 Å². The Morgan fingerprint density at radius 2 is 2.05 bits per heavy atom. The summed E-state index contributed by atoms with van der Waals surface area (Å²) in [4.78, 5) is 10.7. The second kappa shape index (κ2) is 6.76. The van der Waals surface area contributed by atoms with Crippen LogP contribution in [0.25, 0.3) is 0 Å². The van der Waals surface area contributed by atoms with Gasteiger partial charge >= 0.3 is 11.5 Å². The van der Waals surface area contributed by atoms with Crippen LogP contribution in [0.5, 0.6) is 0 Å². The van der Waals surface area contributed by atoms with E-state index in [0.717, 1.165) is 0 Å². The van der Waals surface area contributed by atoms with E-state index in [1.807, 2.05) is 0 Å². The predicted molar refractivity (Wildman–Crippen MR) is 64.0 cm³/mol. The summed E-state index contributed by atoms with van der Waals surface area (Å²) < 4.78 is 67.3. The molecule has 0 N–H and O–H groups in total. The SMILES string of the molecule is CCOC(=O)c1cc(C(F)F)c(SC(F)(F)F)cc1C#N. The van der Waals surface area contributed by atoms with Gasteiger partial charge in [-0.3, -0.25) is 0 Å². The van der Waals surface area contributed by atoms with Gasteiger partial charge in [-0.1, -0.05) is 0 Å². The minimum Gasteiger partial charge on any atom is -0.462 e. The molecule has 1 rings (SSSR count). The third-order valence-electron chi connectivity index (χ3n) is 2.23. The number of hydrogen-bond acceptors (Lipinski definition) is 4. The molecule has 0 saturated carbocycles. The van der Waals surface area contributed by atoms with E-state index in [-0.39, 0.29) is 6.61 Å². The second-order valence-corrected chi connectivity index (χ2v) is 4.72. The van der Waals surface area contributed by atoms with Gasteiger partial charge in [0.15, 0.2) is 0 Å². The summed E-state index contributed by atoms with van der Waals surface area (Å²) in [5, 5.41) is 8.85. The Bertz CT molecular complexity index is 580. The molecule has 1 aromatic rings. The smallest absolute Gasteiger partial charge is 0.446 e. The van der Waals surface area contributed by atoms with Gasteiger partial charge in [0.1, 0.15) is 6.07 Å². The van der Waals surface area contributed by atoms with E-state index in [1.54, 1.807) is 0 Å². The van der Waals surface area contributed by atoms with Crippen LogP contribution >= 0.6 is 11.8 Å². The molecule has 3 nitrogen and oxygen atoms in total. The first-order valence-corrected chi connectivity index (χ1v) is 6.30. The molecule has 0 aliphatic rings. The molecule has 9 heteroatoms. The minimum atomic E-state index is -4.79. The number of thioether (sulfide) groups is 1. The van der Waals surface area contributed by atoms with E-state index in [9.17, 15) is 26.7 Å². The first-order valence-electron chi connectivity index (χ1n) is 5.48. The van der Waals surface area contributed by atoms with E-state index in [1.165, 1.54) is 13.0 Å². The molecule has 0 aliphatic carbocycles. The number of hydrogen-bond donors (Lipinski definition) is 0. The molecule has 114 valence electrons. The van der Waals surface area contributed by atoms with Crippen molar-refractivity contribution < 1.29 is 31.5 Å². The van der Waals surface area contributed by atoms with Crippen LogP contribution in [0.15, 0.2) is 17.0 Å². The van der Waals surface area contributed by atoms with Crippen molar-refractivity contribution in [2.24, 2.45) is 0 Å². The molecular weight excluding hydrogens is 317 g/mol. The Hall–Kier alpha value is -1.82. The molecule has 0 amide bonds. The maximum Gasteiger partial charge on any atom is 0.446 e. The molecule has 1 aromatic carbocycles. The van der Waals surface area contributed by atoms with Gasteiger partial charge in [0, 0.05) is 10.5 Å². The summed E-state index contributed by atoms with van der Waals surface area (Å²) in [6, 6.07) is 2.68. The van der Waals surface area contributed by atoms with Crippen LogP contribution in [0, 0.1) is 11.3 Å². The van der Waals surface area contributed by atoms with Crippen LogP contribution in [0.4, 0.5) is 22.0 Å². The summed E-state index contributed by atoms with van der Waals surface area (Å²) in [6.45, 7) is 1.40. The highest BCUT2D eigenvalue weighted by atomic mass is 32.2. The maximum atomic E-state index is 12.9. The number of benzene rings is 1. The lowest BCUT2D eigenvalue weighted by molar-refractivity contribution is -0.0329. The van der Waals surface area contributed by atoms with Crippen LogP contribution in [0.1, 0.15) is 34.8 Å². The maximum absolute atomic E-state index is 12.9. The van der Waals surface area contributed by atoms with E-state index < -0.39 is 51.3 Å². The first-order chi connectivity index (χ1) is 9.69. The summed E-state index contributed by atoms with van der Waals surface area (Å²) >= 11 is -0.764. The summed E-state index contributed by atoms with van der Waals surface area (Å²) in [5.74, 6) is -1.04. The molecule has 0 spiro atoms. The van der Waals surface area contributed by atoms with E-state index in [0.29, 0.717) is 12.1 Å². The number of esters is 1. The molecule has 0 radical (unpaired) electrons. The third-order valence-corrected chi connectivity index (χ3v) is 3.03. The quantitative estimate of drug-likeness (QED) is 0.471. The van der Waals surface area contributed by atoms with Crippen molar-refractivity contribution in [2.45, 2.75) is 23.8 Å². The van der Waals surface area contributed by atoms with Crippen LogP contribution in [0.3, 0.4) is 0 Å². The van der Waals surface area contributed by atoms with Crippen molar-refractivity contribution in [3.8, 4) is 6.07 Å². The van der Waals surface area contributed by atoms with Crippen LogP contribution < -0.4 is 0 Å². The van der Waals surface area contributed by atoms with Gasteiger partial charge < -0.3 is 4.74 Å². The summed E-state index contributed by atoms with van der Waals surface area (Å²) in [7, 11) is 0. The molecule has 0 heterocycles. The van der Waals surface area contributed by atoms with Crippen molar-refractivity contribution in [2.75, 3.05) is 6.61 Å². The molecule has 0 atom stereocenters. The standard InChI is InChI=1S/C12H8F5NO2S/c1-2-20-11(19)7-4-8(10(13)14)9(3-6(7)5-18)21-12(15,16)17/h3-4,10H,2H2,1H3. The van der Waals surface area contributed by atoms with E-state index >= 15 is 0 Å². The Morgan fingerprint density at radius 1 is 1.43 bits per heavy atom. The summed E-state index contributed by atoms with van der Waals surface area (Å²) in [6.07, 6.45) is -3.23. The van der Waals surface area contributed by atoms with Gasteiger partial charge in [0.05, 0.1) is 17.7 Å². The molecular formula is C12H8F5NO2S. The Balaban J connectivity index is 3.42. The lowest BCUT2D eigenvalue weighted by atomic mass is 10.0. The molecule has 21 heavy (non-hydrogen) atoms. The number of rotatable bonds is 4. The van der Waals surface area contributed by atoms with Crippen LogP contribution in [-0.4, -0.2) is 18.1 Å². The average molecular weight is 325 g/mol. The number of halogens is 5. The Labute approximate surface area is 120 Å². The fraction of sp³-hybridized carbons (Fsp3) is 0.333. The lowest BCUT2D eigenvalue weighted by Crippen LogP contribution is -2.10. The molecule has 0 bridgehead atoms. The van der Waals surface area contributed by atoms with Crippen molar-refractivity contribution in [1.82, 2.24) is 0 Å². The van der Waals surface area contributed by atoms with Crippen LogP contribution in [0.2, 0.25) is 0 Å². The number of alkyl halides is 5. The van der Waals surface area contributed by atoms with Crippen molar-refractivity contribution >= 4 is 17.7 Å². The van der Waals surface area contributed by atoms with Crippen molar-refractivity contribution in [3.05, 3.63) is 28.8 Å². The Kier molecular flexibility index (Phi) is 5.54. The largest absolute Gasteiger partial charge is 0.462 e. The number of carbonyl (C=O) groups is 1. The van der Waals surface area contributed by atoms with E-state index in [4.69, 9.17) is 5.26 Å². The number of carbonyl (C=O) groups excluding carboxylic acids is 1. The highest BCUT2D eigenvalue weighted by molar-refractivity contribution is 8.00. The topological polar surface area (TPSA) is 50.1 Å². The van der Waals surface area contributed by atoms with Gasteiger partial charge in [0.2, 0.25) is 0 Å². The van der Waals surface area contributed by atoms with Gasteiger partial charge in [0.25, 0.3) is 6.43 Å². The average Bonchev–Trinajstić information content (AvgIpc) is 2.36. The zero-order valence-corrected chi connectivity index (χ0v) is 11.3. The van der Waals surface area contributed by atoms with Crippen molar-refractivity contribution in [1.29, 1.82) is 5.26 Å².